The number of anilines is 1. The molecule has 1 aromatic carbocycles. The van der Waals surface area contributed by atoms with Gasteiger partial charge in [0.2, 0.25) is 0 Å². The Morgan fingerprint density at radius 2 is 2.05 bits per heavy atom. The van der Waals surface area contributed by atoms with Gasteiger partial charge in [-0.05, 0) is 31.1 Å². The minimum absolute atomic E-state index is 0.110. The van der Waals surface area contributed by atoms with Gasteiger partial charge in [0, 0.05) is 6.54 Å². The van der Waals surface area contributed by atoms with Gasteiger partial charge in [0.15, 0.2) is 5.75 Å². The Kier molecular flexibility index (Phi) is 2.99. The quantitative estimate of drug-likeness (QED) is 0.904. The Balaban J connectivity index is 1.99. The smallest absolute Gasteiger partial charge is 0.305 e. The number of allylic oxidation sites excluding steroid dienone is 2. The number of carboxylic acids is 1. The van der Waals surface area contributed by atoms with Gasteiger partial charge in [-0.25, -0.2) is 0 Å². The molecular weight excluding hydrogens is 242 g/mol. The zero-order valence-corrected chi connectivity index (χ0v) is 10.5. The maximum absolute atomic E-state index is 10.8. The standard InChI is InChI=1S/C15H15NO3/c17-15(18)9-10-16-11-5-1-3-7-13(11)19-14-8-4-2-6-12(14)16/h1,3,5-8H,2,4,9-10H2,(H,17,18). The van der Waals surface area contributed by atoms with Crippen LogP contribution in [0.2, 0.25) is 0 Å². The Morgan fingerprint density at radius 1 is 1.26 bits per heavy atom. The molecule has 1 aromatic rings. The van der Waals surface area contributed by atoms with Gasteiger partial charge in [-0.1, -0.05) is 18.2 Å². The molecule has 0 amide bonds. The monoisotopic (exact) mass is 257 g/mol. The Morgan fingerprint density at radius 3 is 2.89 bits per heavy atom. The van der Waals surface area contributed by atoms with Crippen LogP contribution in [0.15, 0.2) is 47.9 Å². The predicted octanol–water partition coefficient (Wildman–Crippen LogP) is 2.92. The summed E-state index contributed by atoms with van der Waals surface area (Å²) in [4.78, 5) is 12.9. The van der Waals surface area contributed by atoms with Crippen molar-refractivity contribution in [1.82, 2.24) is 0 Å². The third-order valence-electron chi connectivity index (χ3n) is 3.30. The van der Waals surface area contributed by atoms with E-state index in [0.717, 1.165) is 35.7 Å². The van der Waals surface area contributed by atoms with Crippen molar-refractivity contribution in [3.8, 4) is 5.75 Å². The number of ether oxygens (including phenoxy) is 1. The fourth-order valence-electron chi connectivity index (χ4n) is 2.44. The molecule has 1 aliphatic heterocycles. The van der Waals surface area contributed by atoms with E-state index in [9.17, 15) is 4.79 Å². The number of benzene rings is 1. The highest BCUT2D eigenvalue weighted by atomic mass is 16.5. The van der Waals surface area contributed by atoms with Crippen LogP contribution in [0.5, 0.6) is 5.75 Å². The third kappa shape index (κ3) is 2.21. The van der Waals surface area contributed by atoms with Crippen molar-refractivity contribution in [2.45, 2.75) is 19.3 Å². The second-order valence-corrected chi connectivity index (χ2v) is 4.60. The summed E-state index contributed by atoms with van der Waals surface area (Å²) in [5.41, 5.74) is 1.93. The molecular formula is C15H15NO3. The molecule has 0 bridgehead atoms. The third-order valence-corrected chi connectivity index (χ3v) is 3.30. The molecule has 0 saturated carbocycles. The number of carbonyl (C=O) groups is 1. The number of para-hydroxylation sites is 2. The number of hydrogen-bond acceptors (Lipinski definition) is 3. The normalized spacial score (nSPS) is 16.7. The zero-order chi connectivity index (χ0) is 13.2. The molecule has 0 radical (unpaired) electrons. The number of hydrogen-bond donors (Lipinski definition) is 1. The number of carboxylic acid groups (broad SMARTS) is 1. The van der Waals surface area contributed by atoms with Crippen LogP contribution in [0.3, 0.4) is 0 Å². The van der Waals surface area contributed by atoms with Gasteiger partial charge in [0.1, 0.15) is 5.76 Å². The van der Waals surface area contributed by atoms with Crippen molar-refractivity contribution in [1.29, 1.82) is 0 Å². The molecule has 0 saturated heterocycles. The summed E-state index contributed by atoms with van der Waals surface area (Å²) >= 11 is 0. The van der Waals surface area contributed by atoms with Crippen molar-refractivity contribution in [2.24, 2.45) is 0 Å². The molecule has 19 heavy (non-hydrogen) atoms. The molecule has 0 spiro atoms. The van der Waals surface area contributed by atoms with Crippen molar-refractivity contribution in [3.05, 3.63) is 47.9 Å². The molecule has 1 aliphatic carbocycles. The lowest BCUT2D eigenvalue weighted by Crippen LogP contribution is -2.32. The van der Waals surface area contributed by atoms with Crippen LogP contribution >= 0.6 is 0 Å². The van der Waals surface area contributed by atoms with E-state index in [1.165, 1.54) is 0 Å². The van der Waals surface area contributed by atoms with Gasteiger partial charge in [-0.2, -0.15) is 0 Å². The van der Waals surface area contributed by atoms with E-state index in [1.807, 2.05) is 29.2 Å². The van der Waals surface area contributed by atoms with E-state index < -0.39 is 5.97 Å². The average Bonchev–Trinajstić information content (AvgIpc) is 2.43. The van der Waals surface area contributed by atoms with Crippen LogP contribution in [0, 0.1) is 0 Å². The predicted molar refractivity (Wildman–Crippen MR) is 72.1 cm³/mol. The van der Waals surface area contributed by atoms with Gasteiger partial charge >= 0.3 is 5.97 Å². The molecule has 2 aliphatic rings. The fraction of sp³-hybridized carbons (Fsp3) is 0.267. The molecule has 3 rings (SSSR count). The number of nitrogens with zero attached hydrogens (tertiary/aromatic N) is 1. The summed E-state index contributed by atoms with van der Waals surface area (Å²) < 4.78 is 5.88. The van der Waals surface area contributed by atoms with Gasteiger partial charge in [-0.15, -0.1) is 0 Å². The van der Waals surface area contributed by atoms with E-state index in [2.05, 4.69) is 12.2 Å². The first-order valence-corrected chi connectivity index (χ1v) is 6.42. The first kappa shape index (κ1) is 11.8. The topological polar surface area (TPSA) is 49.8 Å². The molecule has 0 atom stereocenters. The molecule has 1 N–H and O–H groups in total. The second-order valence-electron chi connectivity index (χ2n) is 4.60. The molecule has 98 valence electrons. The van der Waals surface area contributed by atoms with Crippen molar-refractivity contribution < 1.29 is 14.6 Å². The molecule has 0 unspecified atom stereocenters. The molecule has 1 heterocycles. The summed E-state index contributed by atoms with van der Waals surface area (Å²) in [5.74, 6) is 0.847. The SMILES string of the molecule is O=C(O)CCN1C2=CCCC=C2Oc2ccccc21. The molecule has 0 fully saturated rings. The van der Waals surface area contributed by atoms with Crippen LogP contribution in [0.1, 0.15) is 19.3 Å². The highest BCUT2D eigenvalue weighted by Gasteiger charge is 2.27. The Labute approximate surface area is 111 Å². The van der Waals surface area contributed by atoms with E-state index in [4.69, 9.17) is 9.84 Å². The van der Waals surface area contributed by atoms with Crippen LogP contribution in [-0.4, -0.2) is 17.6 Å². The van der Waals surface area contributed by atoms with Crippen molar-refractivity contribution >= 4 is 11.7 Å². The van der Waals surface area contributed by atoms with Crippen LogP contribution in [0.25, 0.3) is 0 Å². The second kappa shape index (κ2) is 4.80. The van der Waals surface area contributed by atoms with Crippen LogP contribution in [0.4, 0.5) is 5.69 Å². The van der Waals surface area contributed by atoms with E-state index >= 15 is 0 Å². The summed E-state index contributed by atoms with van der Waals surface area (Å²) in [5, 5.41) is 8.90. The Bertz CT molecular complexity index is 575. The van der Waals surface area contributed by atoms with Gasteiger partial charge < -0.3 is 14.7 Å². The fourth-order valence-corrected chi connectivity index (χ4v) is 2.44. The Hall–Kier alpha value is -2.23. The zero-order valence-electron chi connectivity index (χ0n) is 10.5. The van der Waals surface area contributed by atoms with Crippen LogP contribution in [-0.2, 0) is 4.79 Å². The number of aliphatic carboxylic acids is 1. The first-order chi connectivity index (χ1) is 9.25. The van der Waals surface area contributed by atoms with Crippen molar-refractivity contribution in [2.75, 3.05) is 11.4 Å². The minimum Gasteiger partial charge on any atom is -0.481 e. The lowest BCUT2D eigenvalue weighted by molar-refractivity contribution is -0.136. The van der Waals surface area contributed by atoms with Gasteiger partial charge in [-0.3, -0.25) is 4.79 Å². The summed E-state index contributed by atoms with van der Waals surface area (Å²) in [7, 11) is 0. The largest absolute Gasteiger partial charge is 0.481 e. The summed E-state index contributed by atoms with van der Waals surface area (Å²) in [6.45, 7) is 0.457. The number of fused-ring (bicyclic) bond motifs is 2. The maximum Gasteiger partial charge on any atom is 0.305 e. The minimum atomic E-state index is -0.786. The lowest BCUT2D eigenvalue weighted by atomic mass is 10.1. The molecule has 4 nitrogen and oxygen atoms in total. The molecule has 0 aromatic heterocycles. The highest BCUT2D eigenvalue weighted by molar-refractivity contribution is 5.72. The van der Waals surface area contributed by atoms with Crippen LogP contribution < -0.4 is 9.64 Å². The number of rotatable bonds is 3. The average molecular weight is 257 g/mol. The van der Waals surface area contributed by atoms with Crippen molar-refractivity contribution in [3.63, 3.8) is 0 Å². The van der Waals surface area contributed by atoms with E-state index in [0.29, 0.717) is 6.54 Å². The van der Waals surface area contributed by atoms with E-state index in [-0.39, 0.29) is 6.42 Å². The maximum atomic E-state index is 10.8. The lowest BCUT2D eigenvalue weighted by Gasteiger charge is -2.35. The van der Waals surface area contributed by atoms with Gasteiger partial charge in [0.05, 0.1) is 17.8 Å². The highest BCUT2D eigenvalue weighted by Crippen LogP contribution is 2.40. The summed E-state index contributed by atoms with van der Waals surface area (Å²) in [6.07, 6.45) is 6.23. The molecule has 4 heteroatoms. The van der Waals surface area contributed by atoms with Gasteiger partial charge in [0.25, 0.3) is 0 Å². The van der Waals surface area contributed by atoms with E-state index in [1.54, 1.807) is 0 Å². The first-order valence-electron chi connectivity index (χ1n) is 6.42. The summed E-state index contributed by atoms with van der Waals surface area (Å²) in [6, 6.07) is 7.74.